The predicted molar refractivity (Wildman–Crippen MR) is 121 cm³/mol. The van der Waals surface area contributed by atoms with Gasteiger partial charge in [0.25, 0.3) is 5.91 Å². The minimum Gasteiger partial charge on any atom is -0.366 e. The molecule has 2 atom stereocenters. The van der Waals surface area contributed by atoms with Gasteiger partial charge in [0.05, 0.1) is 11.1 Å². The number of fused-ring (bicyclic) bond motifs is 1. The van der Waals surface area contributed by atoms with Gasteiger partial charge in [-0.05, 0) is 73.4 Å². The van der Waals surface area contributed by atoms with Crippen molar-refractivity contribution in [3.05, 3.63) is 70.6 Å². The Bertz CT molecular complexity index is 1120. The molecule has 1 amide bonds. The highest BCUT2D eigenvalue weighted by Gasteiger charge is 2.44. The molecule has 1 saturated heterocycles. The van der Waals surface area contributed by atoms with Crippen molar-refractivity contribution in [3.8, 4) is 0 Å². The zero-order valence-corrected chi connectivity index (χ0v) is 18.4. The molecule has 7 heteroatoms. The second-order valence-corrected chi connectivity index (χ2v) is 9.35. The molecule has 32 heavy (non-hydrogen) atoms. The van der Waals surface area contributed by atoms with E-state index < -0.39 is 12.1 Å². The van der Waals surface area contributed by atoms with Gasteiger partial charge in [0.1, 0.15) is 11.9 Å². The van der Waals surface area contributed by atoms with Crippen LogP contribution in [0.25, 0.3) is 10.9 Å². The molecule has 2 N–H and O–H groups in total. The number of aromatic nitrogens is 1. The fourth-order valence-corrected chi connectivity index (χ4v) is 5.04. The van der Waals surface area contributed by atoms with Crippen LogP contribution in [0.5, 0.6) is 0 Å². The number of nitrogens with one attached hydrogen (secondary N) is 1. The first-order valence-corrected chi connectivity index (χ1v) is 11.5. The van der Waals surface area contributed by atoms with Gasteiger partial charge in [-0.25, -0.2) is 4.39 Å². The maximum Gasteiger partial charge on any atom is 0.256 e. The van der Waals surface area contributed by atoms with E-state index in [1.54, 1.807) is 6.07 Å². The van der Waals surface area contributed by atoms with Crippen molar-refractivity contribution in [1.29, 1.82) is 0 Å². The quantitative estimate of drug-likeness (QED) is 0.527. The number of hydrogen-bond donors (Lipinski definition) is 2. The lowest BCUT2D eigenvalue weighted by molar-refractivity contribution is 0.0937. The molecular formula is C25H26ClFN2O3. The monoisotopic (exact) mass is 456 g/mol. The van der Waals surface area contributed by atoms with Crippen molar-refractivity contribution in [2.45, 2.75) is 44.6 Å². The highest BCUT2D eigenvalue weighted by molar-refractivity contribution is 6.30. The first-order valence-electron chi connectivity index (χ1n) is 11.1. The number of carbonyl (C=O) groups is 1. The third kappa shape index (κ3) is 4.40. The van der Waals surface area contributed by atoms with E-state index in [9.17, 15) is 14.3 Å². The molecule has 5 rings (SSSR count). The van der Waals surface area contributed by atoms with Crippen molar-refractivity contribution in [1.82, 2.24) is 9.88 Å². The first-order chi connectivity index (χ1) is 15.5. The van der Waals surface area contributed by atoms with E-state index in [0.717, 1.165) is 36.6 Å². The SMILES string of the molecule is O=C(NCC1CCC(C2OC2O)CC1)c1c(F)ccc2ccn(Cc3ccc(Cl)cc3)c12. The lowest BCUT2D eigenvalue weighted by Gasteiger charge is -2.27. The lowest BCUT2D eigenvalue weighted by Crippen LogP contribution is -2.33. The van der Waals surface area contributed by atoms with Crippen molar-refractivity contribution in [3.63, 3.8) is 0 Å². The van der Waals surface area contributed by atoms with Crippen molar-refractivity contribution < 1.29 is 19.0 Å². The second-order valence-electron chi connectivity index (χ2n) is 8.91. The fourth-order valence-electron chi connectivity index (χ4n) is 4.91. The summed E-state index contributed by atoms with van der Waals surface area (Å²) < 4.78 is 21.9. The van der Waals surface area contributed by atoms with Crippen LogP contribution in [-0.2, 0) is 11.3 Å². The van der Waals surface area contributed by atoms with Gasteiger partial charge in [-0.2, -0.15) is 0 Å². The smallest absolute Gasteiger partial charge is 0.256 e. The Morgan fingerprint density at radius 3 is 2.53 bits per heavy atom. The van der Waals surface area contributed by atoms with Gasteiger partial charge in [0, 0.05) is 29.7 Å². The highest BCUT2D eigenvalue weighted by Crippen LogP contribution is 2.39. The Labute approximate surface area is 191 Å². The number of rotatable bonds is 6. The zero-order chi connectivity index (χ0) is 22.2. The highest BCUT2D eigenvalue weighted by atomic mass is 35.5. The molecule has 1 saturated carbocycles. The molecular weight excluding hydrogens is 431 g/mol. The van der Waals surface area contributed by atoms with Crippen LogP contribution in [0.3, 0.4) is 0 Å². The Kier molecular flexibility index (Phi) is 5.93. The summed E-state index contributed by atoms with van der Waals surface area (Å²) in [7, 11) is 0. The number of halogens is 2. The summed E-state index contributed by atoms with van der Waals surface area (Å²) in [5, 5.41) is 13.9. The summed E-state index contributed by atoms with van der Waals surface area (Å²) in [6, 6.07) is 12.5. The maximum atomic E-state index is 14.8. The van der Waals surface area contributed by atoms with E-state index in [1.807, 2.05) is 41.1 Å². The van der Waals surface area contributed by atoms with Crippen LogP contribution in [0.1, 0.15) is 41.6 Å². The van der Waals surface area contributed by atoms with E-state index in [4.69, 9.17) is 16.3 Å². The van der Waals surface area contributed by atoms with E-state index >= 15 is 0 Å². The Morgan fingerprint density at radius 2 is 1.84 bits per heavy atom. The molecule has 5 nitrogen and oxygen atoms in total. The molecule has 2 fully saturated rings. The van der Waals surface area contributed by atoms with E-state index in [0.29, 0.717) is 35.5 Å². The number of nitrogens with zero attached hydrogens (tertiary/aromatic N) is 1. The standard InChI is InChI=1S/C25H26ClFN2O3/c26-19-8-3-16(4-9-19)14-29-12-11-17-7-10-20(27)21(22(17)29)24(30)28-13-15-1-5-18(6-2-15)23-25(31)32-23/h3-4,7-12,15,18,23,25,31H,1-2,5-6,13-14H2,(H,28,30). The van der Waals surface area contributed by atoms with Crippen LogP contribution >= 0.6 is 11.6 Å². The van der Waals surface area contributed by atoms with Crippen LogP contribution in [0, 0.1) is 17.7 Å². The zero-order valence-electron chi connectivity index (χ0n) is 17.6. The molecule has 1 aliphatic carbocycles. The summed E-state index contributed by atoms with van der Waals surface area (Å²) in [4.78, 5) is 13.1. The van der Waals surface area contributed by atoms with Crippen molar-refractivity contribution in [2.24, 2.45) is 11.8 Å². The molecule has 3 aromatic rings. The molecule has 0 spiro atoms. The summed E-state index contributed by atoms with van der Waals surface area (Å²) >= 11 is 5.98. The normalized spacial score (nSPS) is 25.1. The topological polar surface area (TPSA) is 66.8 Å². The minimum atomic E-state index is -0.594. The third-order valence-electron chi connectivity index (χ3n) is 6.78. The van der Waals surface area contributed by atoms with Gasteiger partial charge in [0.15, 0.2) is 6.29 Å². The van der Waals surface area contributed by atoms with E-state index in [1.165, 1.54) is 6.07 Å². The molecule has 0 radical (unpaired) electrons. The first kappa shape index (κ1) is 21.4. The van der Waals surface area contributed by atoms with Crippen LogP contribution in [0.2, 0.25) is 5.02 Å². The number of aliphatic hydroxyl groups excluding tert-OH is 1. The molecule has 2 unspecified atom stereocenters. The Hall–Kier alpha value is -2.41. The number of carbonyl (C=O) groups excluding carboxylic acids is 1. The molecule has 2 heterocycles. The summed E-state index contributed by atoms with van der Waals surface area (Å²) in [5.74, 6) is -0.143. The molecule has 2 aromatic carbocycles. The summed E-state index contributed by atoms with van der Waals surface area (Å²) in [6.45, 7) is 1.04. The lowest BCUT2D eigenvalue weighted by atomic mass is 9.80. The molecule has 2 aliphatic rings. The van der Waals surface area contributed by atoms with Gasteiger partial charge in [-0.15, -0.1) is 0 Å². The predicted octanol–water partition coefficient (Wildman–Crippen LogP) is 4.74. The number of epoxide rings is 1. The van der Waals surface area contributed by atoms with Gasteiger partial charge >= 0.3 is 0 Å². The fraction of sp³-hybridized carbons (Fsp3) is 0.400. The second kappa shape index (κ2) is 8.85. The number of ether oxygens (including phenoxy) is 1. The molecule has 1 aromatic heterocycles. The number of hydrogen-bond acceptors (Lipinski definition) is 3. The van der Waals surface area contributed by atoms with Gasteiger partial charge in [-0.3, -0.25) is 4.79 Å². The van der Waals surface area contributed by atoms with Crippen molar-refractivity contribution in [2.75, 3.05) is 6.54 Å². The largest absolute Gasteiger partial charge is 0.366 e. The molecule has 168 valence electrons. The van der Waals surface area contributed by atoms with Crippen LogP contribution < -0.4 is 5.32 Å². The maximum absolute atomic E-state index is 14.8. The summed E-state index contributed by atoms with van der Waals surface area (Å²) in [6.07, 6.45) is 5.18. The van der Waals surface area contributed by atoms with Gasteiger partial charge < -0.3 is 19.7 Å². The van der Waals surface area contributed by atoms with Gasteiger partial charge in [-0.1, -0.05) is 23.7 Å². The van der Waals surface area contributed by atoms with Crippen LogP contribution in [0.4, 0.5) is 4.39 Å². The third-order valence-corrected chi connectivity index (χ3v) is 7.03. The van der Waals surface area contributed by atoms with E-state index in [2.05, 4.69) is 5.32 Å². The van der Waals surface area contributed by atoms with Crippen LogP contribution in [-0.4, -0.2) is 34.5 Å². The van der Waals surface area contributed by atoms with E-state index in [-0.39, 0.29) is 17.6 Å². The average Bonchev–Trinajstić information content (AvgIpc) is 3.40. The van der Waals surface area contributed by atoms with Crippen LogP contribution in [0.15, 0.2) is 48.7 Å². The average molecular weight is 457 g/mol. The Balaban J connectivity index is 1.29. The number of amides is 1. The minimum absolute atomic E-state index is 0.00864. The molecule has 1 aliphatic heterocycles. The Morgan fingerprint density at radius 1 is 1.12 bits per heavy atom. The summed E-state index contributed by atoms with van der Waals surface area (Å²) in [5.41, 5.74) is 1.70. The molecule has 0 bridgehead atoms. The van der Waals surface area contributed by atoms with Gasteiger partial charge in [0.2, 0.25) is 0 Å². The number of benzene rings is 2. The number of aliphatic hydroxyl groups is 1. The van der Waals surface area contributed by atoms with Crippen molar-refractivity contribution >= 4 is 28.4 Å².